The third-order valence-electron chi connectivity index (χ3n) is 3.11. The molecule has 1 saturated heterocycles. The maximum Gasteiger partial charge on any atom is 0.327 e. The number of thioether (sulfide) groups is 1. The van der Waals surface area contributed by atoms with Crippen LogP contribution in [0.15, 0.2) is 12.1 Å². The maximum absolute atomic E-state index is 12.5. The number of amides is 1. The highest BCUT2D eigenvalue weighted by Crippen LogP contribution is 2.37. The molecule has 1 aromatic carbocycles. The topological polar surface area (TPSA) is 76.1 Å². The van der Waals surface area contributed by atoms with Crippen molar-refractivity contribution in [1.29, 1.82) is 0 Å². The number of carbonyl (C=O) groups excluding carboxylic acids is 1. The summed E-state index contributed by atoms with van der Waals surface area (Å²) in [6.07, 6.45) is 0. The average molecular weight is 332 g/mol. The van der Waals surface area contributed by atoms with Gasteiger partial charge in [0.2, 0.25) is 0 Å². The average Bonchev–Trinajstić information content (AvgIpc) is 2.95. The van der Waals surface area contributed by atoms with Crippen molar-refractivity contribution in [3.8, 4) is 11.5 Å². The van der Waals surface area contributed by atoms with Crippen LogP contribution < -0.4 is 9.47 Å². The number of carboxylic acids is 1. The monoisotopic (exact) mass is 331 g/mol. The Labute approximate surface area is 131 Å². The van der Waals surface area contributed by atoms with E-state index >= 15 is 0 Å². The highest BCUT2D eigenvalue weighted by molar-refractivity contribution is 7.99. The van der Waals surface area contributed by atoms with Gasteiger partial charge in [-0.3, -0.25) is 4.79 Å². The molecule has 0 aromatic heterocycles. The summed E-state index contributed by atoms with van der Waals surface area (Å²) in [6, 6.07) is 2.12. The van der Waals surface area contributed by atoms with Crippen LogP contribution in [0, 0.1) is 0 Å². The molecule has 0 saturated carbocycles. The molecule has 8 heteroatoms. The van der Waals surface area contributed by atoms with Crippen molar-refractivity contribution in [2.45, 2.75) is 6.04 Å². The molecule has 1 fully saturated rings. The first kappa shape index (κ1) is 15.8. The first-order chi connectivity index (χ1) is 9.99. The van der Waals surface area contributed by atoms with Gasteiger partial charge in [-0.2, -0.15) is 0 Å². The number of hydrogen-bond acceptors (Lipinski definition) is 5. The number of hydrogen-bond donors (Lipinski definition) is 1. The van der Waals surface area contributed by atoms with Crippen molar-refractivity contribution in [2.75, 3.05) is 25.8 Å². The number of ether oxygens (including phenoxy) is 2. The van der Waals surface area contributed by atoms with Crippen LogP contribution in [0.1, 0.15) is 10.4 Å². The van der Waals surface area contributed by atoms with Gasteiger partial charge in [0.05, 0.1) is 25.1 Å². The molecular weight excluding hydrogens is 318 g/mol. The molecule has 2 rings (SSSR count). The lowest BCUT2D eigenvalue weighted by Gasteiger charge is -2.21. The van der Waals surface area contributed by atoms with E-state index in [1.807, 2.05) is 0 Å². The maximum atomic E-state index is 12.5. The highest BCUT2D eigenvalue weighted by Gasteiger charge is 2.35. The van der Waals surface area contributed by atoms with Gasteiger partial charge in [0.1, 0.15) is 6.04 Å². The summed E-state index contributed by atoms with van der Waals surface area (Å²) in [6.45, 7) is 0. The van der Waals surface area contributed by atoms with Gasteiger partial charge in [-0.25, -0.2) is 4.79 Å². The number of aliphatic carboxylic acids is 1. The van der Waals surface area contributed by atoms with Crippen LogP contribution in [0.5, 0.6) is 11.5 Å². The van der Waals surface area contributed by atoms with Crippen LogP contribution in [0.4, 0.5) is 0 Å². The van der Waals surface area contributed by atoms with Crippen molar-refractivity contribution in [3.63, 3.8) is 0 Å². The number of carbonyl (C=O) groups is 2. The lowest BCUT2D eigenvalue weighted by atomic mass is 10.1. The zero-order valence-corrected chi connectivity index (χ0v) is 13.0. The molecule has 0 bridgehead atoms. The highest BCUT2D eigenvalue weighted by atomic mass is 35.5. The Morgan fingerprint density at radius 2 is 2.10 bits per heavy atom. The molecule has 1 aromatic rings. The summed E-state index contributed by atoms with van der Waals surface area (Å²) >= 11 is 7.46. The summed E-state index contributed by atoms with van der Waals surface area (Å²) in [4.78, 5) is 24.9. The van der Waals surface area contributed by atoms with E-state index in [0.29, 0.717) is 23.1 Å². The molecule has 1 aliphatic rings. The van der Waals surface area contributed by atoms with Crippen LogP contribution in [-0.4, -0.2) is 53.8 Å². The predicted octanol–water partition coefficient (Wildman–Crippen LogP) is 1.96. The van der Waals surface area contributed by atoms with E-state index in [9.17, 15) is 9.59 Å². The number of halogens is 1. The molecule has 0 unspecified atom stereocenters. The first-order valence-corrected chi connectivity index (χ1v) is 7.56. The van der Waals surface area contributed by atoms with Gasteiger partial charge < -0.3 is 19.5 Å². The van der Waals surface area contributed by atoms with Crippen molar-refractivity contribution in [2.24, 2.45) is 0 Å². The molecule has 1 atom stereocenters. The SMILES string of the molecule is COc1cc(C(=O)N2CSC[C@H]2C(=O)O)cc(Cl)c1OC. The number of rotatable bonds is 4. The number of benzene rings is 1. The fraction of sp³-hybridized carbons (Fsp3) is 0.385. The fourth-order valence-corrected chi connectivity index (χ4v) is 3.49. The molecule has 0 spiro atoms. The van der Waals surface area contributed by atoms with E-state index in [1.165, 1.54) is 43.0 Å². The molecule has 0 aliphatic carbocycles. The smallest absolute Gasteiger partial charge is 0.327 e. The van der Waals surface area contributed by atoms with E-state index in [2.05, 4.69) is 0 Å². The second-order valence-electron chi connectivity index (χ2n) is 4.32. The largest absolute Gasteiger partial charge is 0.493 e. The summed E-state index contributed by atoms with van der Waals surface area (Å²) in [5.74, 6) is -0.0346. The summed E-state index contributed by atoms with van der Waals surface area (Å²) in [7, 11) is 2.89. The quantitative estimate of drug-likeness (QED) is 0.909. The van der Waals surface area contributed by atoms with Crippen molar-refractivity contribution >= 4 is 35.2 Å². The fourth-order valence-electron chi connectivity index (χ4n) is 2.05. The Hall–Kier alpha value is -1.60. The Morgan fingerprint density at radius 1 is 1.38 bits per heavy atom. The van der Waals surface area contributed by atoms with Crippen LogP contribution in [0.25, 0.3) is 0 Å². The van der Waals surface area contributed by atoms with Crippen LogP contribution in [-0.2, 0) is 4.79 Å². The van der Waals surface area contributed by atoms with E-state index in [4.69, 9.17) is 26.2 Å². The third-order valence-corrected chi connectivity index (χ3v) is 4.40. The first-order valence-electron chi connectivity index (χ1n) is 6.02. The number of methoxy groups -OCH3 is 2. The van der Waals surface area contributed by atoms with Gasteiger partial charge in [0.25, 0.3) is 5.91 Å². The van der Waals surface area contributed by atoms with E-state index < -0.39 is 17.9 Å². The molecule has 21 heavy (non-hydrogen) atoms. The van der Waals surface area contributed by atoms with Crippen molar-refractivity contribution < 1.29 is 24.2 Å². The second-order valence-corrected chi connectivity index (χ2v) is 5.73. The van der Waals surface area contributed by atoms with Gasteiger partial charge in [0.15, 0.2) is 11.5 Å². The molecular formula is C13H14ClNO5S. The second kappa shape index (κ2) is 6.44. The van der Waals surface area contributed by atoms with Crippen LogP contribution >= 0.6 is 23.4 Å². The Morgan fingerprint density at radius 3 is 2.67 bits per heavy atom. The third kappa shape index (κ3) is 3.03. The van der Waals surface area contributed by atoms with Gasteiger partial charge in [-0.1, -0.05) is 11.6 Å². The Bertz CT molecular complexity index is 580. The van der Waals surface area contributed by atoms with E-state index in [0.717, 1.165) is 0 Å². The van der Waals surface area contributed by atoms with Gasteiger partial charge in [0, 0.05) is 11.3 Å². The molecule has 114 valence electrons. The molecule has 6 nitrogen and oxygen atoms in total. The number of nitrogens with zero attached hydrogens (tertiary/aromatic N) is 1. The minimum absolute atomic E-state index is 0.235. The van der Waals surface area contributed by atoms with Gasteiger partial charge in [-0.15, -0.1) is 11.8 Å². The molecule has 1 N–H and O–H groups in total. The normalized spacial score (nSPS) is 17.7. The van der Waals surface area contributed by atoms with Crippen molar-refractivity contribution in [1.82, 2.24) is 4.90 Å². The lowest BCUT2D eigenvalue weighted by Crippen LogP contribution is -2.41. The number of carboxylic acid groups (broad SMARTS) is 1. The van der Waals surface area contributed by atoms with Gasteiger partial charge in [-0.05, 0) is 12.1 Å². The minimum atomic E-state index is -1.01. The predicted molar refractivity (Wildman–Crippen MR) is 79.5 cm³/mol. The Balaban J connectivity index is 2.35. The zero-order chi connectivity index (χ0) is 15.6. The summed E-state index contributed by atoms with van der Waals surface area (Å²) in [5.41, 5.74) is 0.270. The van der Waals surface area contributed by atoms with Crippen LogP contribution in [0.2, 0.25) is 5.02 Å². The van der Waals surface area contributed by atoms with Crippen LogP contribution in [0.3, 0.4) is 0 Å². The molecule has 1 aliphatic heterocycles. The van der Waals surface area contributed by atoms with E-state index in [-0.39, 0.29) is 10.6 Å². The molecule has 0 radical (unpaired) electrons. The zero-order valence-electron chi connectivity index (χ0n) is 11.5. The Kier molecular flexibility index (Phi) is 4.84. The molecule has 1 amide bonds. The van der Waals surface area contributed by atoms with Crippen molar-refractivity contribution in [3.05, 3.63) is 22.7 Å². The van der Waals surface area contributed by atoms with E-state index in [1.54, 1.807) is 0 Å². The molecule has 1 heterocycles. The summed E-state index contributed by atoms with van der Waals surface area (Å²) in [5, 5.41) is 9.37. The minimum Gasteiger partial charge on any atom is -0.493 e. The standard InChI is InChI=1S/C13H14ClNO5S/c1-19-10-4-7(3-8(14)11(10)20-2)12(16)15-6-21-5-9(15)13(17)18/h3-4,9H,5-6H2,1-2H3,(H,17,18)/t9-/m0/s1. The summed E-state index contributed by atoms with van der Waals surface area (Å²) < 4.78 is 10.2. The van der Waals surface area contributed by atoms with Gasteiger partial charge >= 0.3 is 5.97 Å². The lowest BCUT2D eigenvalue weighted by molar-refractivity contribution is -0.140.